The van der Waals surface area contributed by atoms with Gasteiger partial charge in [0.05, 0.1) is 11.3 Å². The lowest BCUT2D eigenvalue weighted by Gasteiger charge is -2.23. The molecule has 0 unspecified atom stereocenters. The molecular formula is C23H20N4O. The summed E-state index contributed by atoms with van der Waals surface area (Å²) in [4.78, 5) is 22.1. The maximum atomic E-state index is 12.8. The molecule has 5 rings (SSSR count). The van der Waals surface area contributed by atoms with Crippen molar-refractivity contribution in [2.75, 3.05) is 0 Å². The van der Waals surface area contributed by atoms with Crippen LogP contribution in [0.25, 0.3) is 17.2 Å². The Bertz CT molecular complexity index is 1190. The summed E-state index contributed by atoms with van der Waals surface area (Å²) in [5.41, 5.74) is 6.02. The van der Waals surface area contributed by atoms with Crippen LogP contribution >= 0.6 is 0 Å². The second-order valence-electron chi connectivity index (χ2n) is 7.59. The molecule has 1 aliphatic rings. The third-order valence-corrected chi connectivity index (χ3v) is 5.44. The fourth-order valence-electron chi connectivity index (χ4n) is 3.78. The van der Waals surface area contributed by atoms with Crippen LogP contribution in [0.1, 0.15) is 45.1 Å². The van der Waals surface area contributed by atoms with E-state index < -0.39 is 0 Å². The van der Waals surface area contributed by atoms with Crippen molar-refractivity contribution in [3.05, 3.63) is 82.7 Å². The first kappa shape index (κ1) is 16.8. The van der Waals surface area contributed by atoms with Gasteiger partial charge in [-0.2, -0.15) is 4.98 Å². The van der Waals surface area contributed by atoms with Crippen molar-refractivity contribution in [2.24, 2.45) is 0 Å². The van der Waals surface area contributed by atoms with E-state index >= 15 is 0 Å². The highest BCUT2D eigenvalue weighted by Crippen LogP contribution is 2.32. The SMILES string of the molecule is Cc1ccc(-c2nc3nc4c(cn3n2)C(=O)C[C@@H](c2ccc(C)cc2)C4)cc1. The van der Waals surface area contributed by atoms with E-state index in [1.165, 1.54) is 16.7 Å². The Morgan fingerprint density at radius 2 is 1.57 bits per heavy atom. The van der Waals surface area contributed by atoms with Crippen molar-refractivity contribution in [3.8, 4) is 11.4 Å². The van der Waals surface area contributed by atoms with Gasteiger partial charge in [0.25, 0.3) is 5.78 Å². The first-order valence-electron chi connectivity index (χ1n) is 9.50. The lowest BCUT2D eigenvalue weighted by molar-refractivity contribution is 0.0962. The number of aromatic nitrogens is 4. The zero-order valence-electron chi connectivity index (χ0n) is 15.9. The first-order chi connectivity index (χ1) is 13.6. The Kier molecular flexibility index (Phi) is 3.83. The molecule has 0 aliphatic heterocycles. The fourth-order valence-corrected chi connectivity index (χ4v) is 3.78. The molecular weight excluding hydrogens is 348 g/mol. The fraction of sp³-hybridized carbons (Fsp3) is 0.217. The van der Waals surface area contributed by atoms with E-state index in [0.717, 1.165) is 17.7 Å². The van der Waals surface area contributed by atoms with Gasteiger partial charge in [-0.1, -0.05) is 59.7 Å². The van der Waals surface area contributed by atoms with Crippen LogP contribution in [-0.4, -0.2) is 25.4 Å². The van der Waals surface area contributed by atoms with Gasteiger partial charge in [0.1, 0.15) is 0 Å². The molecule has 0 spiro atoms. The van der Waals surface area contributed by atoms with Gasteiger partial charge in [-0.3, -0.25) is 4.79 Å². The molecule has 0 N–H and O–H groups in total. The number of aryl methyl sites for hydroxylation is 2. The van der Waals surface area contributed by atoms with Crippen molar-refractivity contribution in [3.63, 3.8) is 0 Å². The van der Waals surface area contributed by atoms with Crippen molar-refractivity contribution in [1.29, 1.82) is 0 Å². The third-order valence-electron chi connectivity index (χ3n) is 5.44. The molecule has 138 valence electrons. The van der Waals surface area contributed by atoms with Crippen molar-refractivity contribution in [1.82, 2.24) is 19.6 Å². The first-order valence-corrected chi connectivity index (χ1v) is 9.50. The van der Waals surface area contributed by atoms with E-state index in [9.17, 15) is 4.79 Å². The molecule has 5 nitrogen and oxygen atoms in total. The molecule has 5 heteroatoms. The molecule has 0 amide bonds. The largest absolute Gasteiger partial charge is 0.294 e. The highest BCUT2D eigenvalue weighted by molar-refractivity contribution is 5.98. The van der Waals surface area contributed by atoms with Crippen LogP contribution in [0.15, 0.2) is 54.7 Å². The van der Waals surface area contributed by atoms with E-state index in [1.54, 1.807) is 10.7 Å². The van der Waals surface area contributed by atoms with Gasteiger partial charge in [0.15, 0.2) is 11.6 Å². The zero-order valence-corrected chi connectivity index (χ0v) is 15.9. The summed E-state index contributed by atoms with van der Waals surface area (Å²) in [6, 6.07) is 16.5. The number of hydrogen-bond donors (Lipinski definition) is 0. The predicted octanol–water partition coefficient (Wildman–Crippen LogP) is 4.32. The second-order valence-corrected chi connectivity index (χ2v) is 7.59. The highest BCUT2D eigenvalue weighted by Gasteiger charge is 2.28. The number of benzene rings is 2. The quantitative estimate of drug-likeness (QED) is 0.529. The molecule has 0 saturated heterocycles. The smallest absolute Gasteiger partial charge is 0.252 e. The third kappa shape index (κ3) is 2.89. The van der Waals surface area contributed by atoms with E-state index in [4.69, 9.17) is 4.98 Å². The number of Topliss-reactive ketones (excluding diaryl/α,β-unsaturated/α-hetero) is 1. The number of ketones is 1. The van der Waals surface area contributed by atoms with Crippen molar-refractivity contribution in [2.45, 2.75) is 32.6 Å². The second kappa shape index (κ2) is 6.37. The van der Waals surface area contributed by atoms with Gasteiger partial charge in [0.2, 0.25) is 0 Å². The van der Waals surface area contributed by atoms with E-state index in [-0.39, 0.29) is 11.7 Å². The average Bonchev–Trinajstić information content (AvgIpc) is 3.10. The van der Waals surface area contributed by atoms with Gasteiger partial charge in [-0.05, 0) is 31.7 Å². The lowest BCUT2D eigenvalue weighted by Crippen LogP contribution is -2.21. The Morgan fingerprint density at radius 3 is 2.29 bits per heavy atom. The summed E-state index contributed by atoms with van der Waals surface area (Å²) in [7, 11) is 0. The number of carbonyl (C=O) groups is 1. The molecule has 2 aromatic heterocycles. The lowest BCUT2D eigenvalue weighted by atomic mass is 9.82. The summed E-state index contributed by atoms with van der Waals surface area (Å²) in [5, 5.41) is 4.53. The minimum absolute atomic E-state index is 0.119. The van der Waals surface area contributed by atoms with Crippen LogP contribution in [0, 0.1) is 13.8 Å². The van der Waals surface area contributed by atoms with Crippen LogP contribution < -0.4 is 0 Å². The van der Waals surface area contributed by atoms with Crippen LogP contribution in [0.4, 0.5) is 0 Å². The molecule has 4 aromatic rings. The molecule has 0 radical (unpaired) electrons. The molecule has 0 bridgehead atoms. The summed E-state index contributed by atoms with van der Waals surface area (Å²) < 4.78 is 1.62. The molecule has 1 atom stereocenters. The van der Waals surface area contributed by atoms with Crippen LogP contribution in [0.5, 0.6) is 0 Å². The minimum Gasteiger partial charge on any atom is -0.294 e. The van der Waals surface area contributed by atoms with Crippen molar-refractivity contribution >= 4 is 11.6 Å². The summed E-state index contributed by atoms with van der Waals surface area (Å²) in [5.74, 6) is 1.44. The number of nitrogens with zero attached hydrogens (tertiary/aromatic N) is 4. The summed E-state index contributed by atoms with van der Waals surface area (Å²) in [6.45, 7) is 4.12. The van der Waals surface area contributed by atoms with Crippen LogP contribution in [0.3, 0.4) is 0 Å². The Morgan fingerprint density at radius 1 is 0.893 bits per heavy atom. The summed E-state index contributed by atoms with van der Waals surface area (Å²) in [6.07, 6.45) is 3.03. The zero-order chi connectivity index (χ0) is 19.3. The molecule has 0 fully saturated rings. The van der Waals surface area contributed by atoms with Crippen LogP contribution in [-0.2, 0) is 6.42 Å². The normalized spacial score (nSPS) is 16.4. The minimum atomic E-state index is 0.119. The highest BCUT2D eigenvalue weighted by atomic mass is 16.1. The van der Waals surface area contributed by atoms with Gasteiger partial charge in [-0.25, -0.2) is 9.50 Å². The molecule has 28 heavy (non-hydrogen) atoms. The summed E-state index contributed by atoms with van der Waals surface area (Å²) >= 11 is 0. The van der Waals surface area contributed by atoms with Crippen LogP contribution in [0.2, 0.25) is 0 Å². The van der Waals surface area contributed by atoms with Gasteiger partial charge >= 0.3 is 0 Å². The number of rotatable bonds is 2. The predicted molar refractivity (Wildman–Crippen MR) is 108 cm³/mol. The Balaban J connectivity index is 1.53. The average molecular weight is 368 g/mol. The standard InChI is InChI=1S/C23H20N4O/c1-14-3-7-16(8-4-14)18-11-20-19(21(28)12-18)13-27-23(24-20)25-22(26-27)17-9-5-15(2)6-10-17/h3-10,13,18H,11-12H2,1-2H3/t18-/m0/s1. The van der Waals surface area contributed by atoms with Gasteiger partial charge < -0.3 is 0 Å². The molecule has 0 saturated carbocycles. The monoisotopic (exact) mass is 368 g/mol. The Hall–Kier alpha value is -3.34. The number of hydrogen-bond acceptors (Lipinski definition) is 4. The Labute approximate surface area is 163 Å². The number of carbonyl (C=O) groups excluding carboxylic acids is 1. The molecule has 2 aromatic carbocycles. The molecule has 1 aliphatic carbocycles. The molecule has 2 heterocycles. The van der Waals surface area contributed by atoms with Gasteiger partial charge in [-0.15, -0.1) is 5.10 Å². The maximum absolute atomic E-state index is 12.8. The van der Waals surface area contributed by atoms with E-state index in [2.05, 4.69) is 41.3 Å². The number of fused-ring (bicyclic) bond motifs is 2. The van der Waals surface area contributed by atoms with Crippen molar-refractivity contribution < 1.29 is 4.79 Å². The van der Waals surface area contributed by atoms with Gasteiger partial charge in [0, 0.05) is 18.2 Å². The van der Waals surface area contributed by atoms with E-state index in [1.807, 2.05) is 31.2 Å². The topological polar surface area (TPSA) is 60.1 Å². The van der Waals surface area contributed by atoms with E-state index in [0.29, 0.717) is 23.6 Å². The maximum Gasteiger partial charge on any atom is 0.252 e.